The van der Waals surface area contributed by atoms with E-state index in [9.17, 15) is 4.79 Å². The Balaban J connectivity index is 2.43. The molecule has 0 aliphatic carbocycles. The zero-order valence-electron chi connectivity index (χ0n) is 7.22. The average molecular weight is 210 g/mol. The molecule has 0 aliphatic rings. The van der Waals surface area contributed by atoms with Gasteiger partial charge in [-0.05, 0) is 29.1 Å². The summed E-state index contributed by atoms with van der Waals surface area (Å²) in [5.74, 6) is -1.24. The number of aryl methyl sites for hydroxylation is 1. The standard InChI is InChI=1S/C8H6N2O3S/c1-4-2-3-14-5(4)7-9-6(8(11)12)10-13-7/h2-3H,1H3,(H,11,12). The summed E-state index contributed by atoms with van der Waals surface area (Å²) in [5, 5.41) is 13.8. The van der Waals surface area contributed by atoms with Gasteiger partial charge in [0, 0.05) is 0 Å². The lowest BCUT2D eigenvalue weighted by Gasteiger charge is -1.87. The maximum atomic E-state index is 10.5. The highest BCUT2D eigenvalue weighted by molar-refractivity contribution is 7.13. The highest BCUT2D eigenvalue weighted by Gasteiger charge is 2.16. The third-order valence-corrected chi connectivity index (χ3v) is 2.68. The molecule has 2 aromatic rings. The molecule has 0 aliphatic heterocycles. The summed E-state index contributed by atoms with van der Waals surface area (Å²) in [7, 11) is 0. The molecule has 0 atom stereocenters. The maximum Gasteiger partial charge on any atom is 0.377 e. The molecule has 0 aromatic carbocycles. The van der Waals surface area contributed by atoms with Gasteiger partial charge in [-0.25, -0.2) is 4.79 Å². The Kier molecular flexibility index (Phi) is 2.05. The first-order chi connectivity index (χ1) is 6.68. The number of rotatable bonds is 2. The summed E-state index contributed by atoms with van der Waals surface area (Å²) in [6.45, 7) is 1.90. The SMILES string of the molecule is Cc1ccsc1-c1nc(C(=O)O)no1. The topological polar surface area (TPSA) is 76.2 Å². The summed E-state index contributed by atoms with van der Waals surface area (Å²) in [6, 6.07) is 1.91. The second-order valence-electron chi connectivity index (χ2n) is 2.66. The zero-order valence-corrected chi connectivity index (χ0v) is 8.04. The number of nitrogens with zero attached hydrogens (tertiary/aromatic N) is 2. The predicted molar refractivity (Wildman–Crippen MR) is 49.3 cm³/mol. The Morgan fingerprint density at radius 1 is 1.64 bits per heavy atom. The van der Waals surface area contributed by atoms with Crippen molar-refractivity contribution in [2.24, 2.45) is 0 Å². The van der Waals surface area contributed by atoms with Crippen molar-refractivity contribution >= 4 is 17.3 Å². The van der Waals surface area contributed by atoms with Gasteiger partial charge in [0.2, 0.25) is 0 Å². The monoisotopic (exact) mass is 210 g/mol. The minimum Gasteiger partial charge on any atom is -0.475 e. The summed E-state index contributed by atoms with van der Waals surface area (Å²) in [4.78, 5) is 15.0. The van der Waals surface area contributed by atoms with Crippen LogP contribution in [-0.2, 0) is 0 Å². The first-order valence-corrected chi connectivity index (χ1v) is 4.68. The van der Waals surface area contributed by atoms with Gasteiger partial charge in [-0.3, -0.25) is 0 Å². The number of hydrogen-bond acceptors (Lipinski definition) is 5. The summed E-state index contributed by atoms with van der Waals surface area (Å²) >= 11 is 1.44. The molecule has 1 N–H and O–H groups in total. The predicted octanol–water partition coefficient (Wildman–Crippen LogP) is 1.80. The smallest absolute Gasteiger partial charge is 0.377 e. The van der Waals surface area contributed by atoms with Crippen molar-refractivity contribution in [3.8, 4) is 10.8 Å². The zero-order chi connectivity index (χ0) is 10.1. The van der Waals surface area contributed by atoms with Crippen molar-refractivity contribution in [3.05, 3.63) is 22.8 Å². The number of aromatic carboxylic acids is 1. The van der Waals surface area contributed by atoms with E-state index >= 15 is 0 Å². The molecule has 6 heteroatoms. The van der Waals surface area contributed by atoms with Crippen molar-refractivity contribution in [1.82, 2.24) is 10.1 Å². The molecule has 2 rings (SSSR count). The molecule has 0 radical (unpaired) electrons. The lowest BCUT2D eigenvalue weighted by Crippen LogP contribution is -1.98. The van der Waals surface area contributed by atoms with Gasteiger partial charge < -0.3 is 9.63 Å². The maximum absolute atomic E-state index is 10.5. The van der Waals surface area contributed by atoms with Gasteiger partial charge in [-0.2, -0.15) is 4.98 Å². The van der Waals surface area contributed by atoms with Gasteiger partial charge in [-0.15, -0.1) is 11.3 Å². The molecule has 5 nitrogen and oxygen atoms in total. The van der Waals surface area contributed by atoms with Crippen LogP contribution in [0.4, 0.5) is 0 Å². The first kappa shape index (κ1) is 8.89. The summed E-state index contributed by atoms with van der Waals surface area (Å²) in [5.41, 5.74) is 0.996. The van der Waals surface area contributed by atoms with Crippen LogP contribution in [0.1, 0.15) is 16.2 Å². The number of thiophene rings is 1. The third kappa shape index (κ3) is 1.39. The minimum absolute atomic E-state index is 0.259. The fourth-order valence-electron chi connectivity index (χ4n) is 0.994. The lowest BCUT2D eigenvalue weighted by molar-refractivity contribution is 0.0680. The van der Waals surface area contributed by atoms with Gasteiger partial charge in [0.15, 0.2) is 0 Å². The van der Waals surface area contributed by atoms with E-state index in [-0.39, 0.29) is 11.7 Å². The molecule has 0 saturated carbocycles. The van der Waals surface area contributed by atoms with E-state index in [2.05, 4.69) is 10.1 Å². The van der Waals surface area contributed by atoms with Crippen LogP contribution in [0.15, 0.2) is 16.0 Å². The van der Waals surface area contributed by atoms with Crippen LogP contribution in [0.25, 0.3) is 10.8 Å². The second kappa shape index (κ2) is 3.22. The van der Waals surface area contributed by atoms with Crippen LogP contribution in [0, 0.1) is 6.92 Å². The Morgan fingerprint density at radius 2 is 2.43 bits per heavy atom. The Morgan fingerprint density at radius 3 is 2.93 bits per heavy atom. The minimum atomic E-state index is -1.19. The lowest BCUT2D eigenvalue weighted by atomic mass is 10.3. The van der Waals surface area contributed by atoms with E-state index in [0.29, 0.717) is 0 Å². The molecule has 0 fully saturated rings. The molecule has 72 valence electrons. The first-order valence-electron chi connectivity index (χ1n) is 3.80. The fraction of sp³-hybridized carbons (Fsp3) is 0.125. The molecule has 0 bridgehead atoms. The fourth-order valence-corrected chi connectivity index (χ4v) is 1.84. The summed E-state index contributed by atoms with van der Waals surface area (Å²) in [6.07, 6.45) is 0. The van der Waals surface area contributed by atoms with Crippen molar-refractivity contribution in [3.63, 3.8) is 0 Å². The molecular weight excluding hydrogens is 204 g/mol. The van der Waals surface area contributed by atoms with Gasteiger partial charge in [0.25, 0.3) is 11.7 Å². The molecule has 2 heterocycles. The van der Waals surface area contributed by atoms with E-state index < -0.39 is 5.97 Å². The molecule has 0 amide bonds. The van der Waals surface area contributed by atoms with E-state index in [4.69, 9.17) is 9.63 Å². The van der Waals surface area contributed by atoms with Crippen LogP contribution in [0.5, 0.6) is 0 Å². The normalized spacial score (nSPS) is 10.4. The van der Waals surface area contributed by atoms with Crippen LogP contribution < -0.4 is 0 Å². The Bertz CT molecular complexity index is 474. The van der Waals surface area contributed by atoms with Gasteiger partial charge in [-0.1, -0.05) is 0 Å². The molecule has 0 unspecified atom stereocenters. The average Bonchev–Trinajstić information content (AvgIpc) is 2.71. The van der Waals surface area contributed by atoms with Gasteiger partial charge >= 0.3 is 5.97 Å². The van der Waals surface area contributed by atoms with E-state index in [1.54, 1.807) is 0 Å². The van der Waals surface area contributed by atoms with Crippen molar-refractivity contribution < 1.29 is 14.4 Å². The molecular formula is C8H6N2O3S. The van der Waals surface area contributed by atoms with E-state index in [1.807, 2.05) is 18.4 Å². The molecule has 0 saturated heterocycles. The quantitative estimate of drug-likeness (QED) is 0.817. The van der Waals surface area contributed by atoms with Crippen LogP contribution in [0.2, 0.25) is 0 Å². The highest BCUT2D eigenvalue weighted by atomic mass is 32.1. The van der Waals surface area contributed by atoms with Gasteiger partial charge in [0.05, 0.1) is 4.88 Å². The largest absolute Gasteiger partial charge is 0.475 e. The van der Waals surface area contributed by atoms with E-state index in [0.717, 1.165) is 10.4 Å². The van der Waals surface area contributed by atoms with Gasteiger partial charge in [0.1, 0.15) is 0 Å². The third-order valence-electron chi connectivity index (χ3n) is 1.67. The molecule has 14 heavy (non-hydrogen) atoms. The van der Waals surface area contributed by atoms with Crippen LogP contribution >= 0.6 is 11.3 Å². The Hall–Kier alpha value is -1.69. The number of carboxylic acids is 1. The number of hydrogen-bond donors (Lipinski definition) is 1. The molecule has 2 aromatic heterocycles. The number of aromatic nitrogens is 2. The second-order valence-corrected chi connectivity index (χ2v) is 3.58. The highest BCUT2D eigenvalue weighted by Crippen LogP contribution is 2.27. The Labute approximate surface area is 83.0 Å². The van der Waals surface area contributed by atoms with Crippen molar-refractivity contribution in [2.45, 2.75) is 6.92 Å². The summed E-state index contributed by atoms with van der Waals surface area (Å²) < 4.78 is 4.82. The van der Waals surface area contributed by atoms with Crippen LogP contribution in [-0.4, -0.2) is 21.2 Å². The molecule has 0 spiro atoms. The van der Waals surface area contributed by atoms with Crippen molar-refractivity contribution in [2.75, 3.05) is 0 Å². The van der Waals surface area contributed by atoms with Crippen LogP contribution in [0.3, 0.4) is 0 Å². The van der Waals surface area contributed by atoms with Crippen molar-refractivity contribution in [1.29, 1.82) is 0 Å². The number of carbonyl (C=O) groups is 1. The number of carboxylic acid groups (broad SMARTS) is 1. The van der Waals surface area contributed by atoms with E-state index in [1.165, 1.54) is 11.3 Å².